The molecule has 0 aromatic rings. The lowest BCUT2D eigenvalue weighted by Gasteiger charge is -2.39. The third-order valence-electron chi connectivity index (χ3n) is 5.35. The van der Waals surface area contributed by atoms with Crippen molar-refractivity contribution in [3.05, 3.63) is 11.1 Å². The number of hydrogen-bond acceptors (Lipinski definition) is 2. The molecule has 3 aliphatic rings. The van der Waals surface area contributed by atoms with Crippen molar-refractivity contribution in [1.29, 1.82) is 0 Å². The first kappa shape index (κ1) is 11.7. The molecule has 0 aromatic carbocycles. The fourth-order valence-corrected chi connectivity index (χ4v) is 4.41. The Morgan fingerprint density at radius 3 is 2.76 bits per heavy atom. The van der Waals surface area contributed by atoms with Crippen LogP contribution < -0.4 is 0 Å². The Hall–Kier alpha value is -0.340. The molecule has 2 fully saturated rings. The van der Waals surface area contributed by atoms with Crippen molar-refractivity contribution < 1.29 is 9.84 Å². The van der Waals surface area contributed by atoms with Gasteiger partial charge in [0.1, 0.15) is 0 Å². The predicted octanol–water partition coefficient (Wildman–Crippen LogP) is 2.91. The molecule has 1 saturated heterocycles. The van der Waals surface area contributed by atoms with E-state index < -0.39 is 0 Å². The van der Waals surface area contributed by atoms with Crippen LogP contribution in [0.1, 0.15) is 46.5 Å². The van der Waals surface area contributed by atoms with E-state index in [9.17, 15) is 5.11 Å². The molecule has 0 amide bonds. The van der Waals surface area contributed by atoms with Crippen molar-refractivity contribution in [2.24, 2.45) is 17.8 Å². The second kappa shape index (κ2) is 3.83. The number of hydrogen-bond donors (Lipinski definition) is 1. The lowest BCUT2D eigenvalue weighted by molar-refractivity contribution is -0.0563. The van der Waals surface area contributed by atoms with Crippen LogP contribution in [-0.2, 0) is 4.74 Å². The Morgan fingerprint density at radius 2 is 2.06 bits per heavy atom. The number of aliphatic hydroxyl groups is 1. The van der Waals surface area contributed by atoms with Crippen molar-refractivity contribution in [3.63, 3.8) is 0 Å². The largest absolute Gasteiger partial charge is 0.392 e. The maximum absolute atomic E-state index is 9.52. The maximum Gasteiger partial charge on any atom is 0.0677 e. The predicted molar refractivity (Wildman–Crippen MR) is 67.7 cm³/mol. The molecule has 0 radical (unpaired) electrons. The molecule has 1 N–H and O–H groups in total. The molecule has 0 aromatic heterocycles. The van der Waals surface area contributed by atoms with Crippen molar-refractivity contribution in [2.45, 2.75) is 58.2 Å². The van der Waals surface area contributed by atoms with Crippen molar-refractivity contribution in [3.8, 4) is 0 Å². The molecular formula is C15H24O2. The van der Waals surface area contributed by atoms with Crippen LogP contribution in [-0.4, -0.2) is 23.4 Å². The normalized spacial score (nSPS) is 43.8. The van der Waals surface area contributed by atoms with E-state index in [1.165, 1.54) is 24.8 Å². The summed E-state index contributed by atoms with van der Waals surface area (Å²) in [5.41, 5.74) is 2.90. The monoisotopic (exact) mass is 236 g/mol. The third-order valence-corrected chi connectivity index (χ3v) is 5.35. The highest BCUT2D eigenvalue weighted by molar-refractivity contribution is 5.28. The molecule has 3 rings (SSSR count). The summed E-state index contributed by atoms with van der Waals surface area (Å²) in [5, 5.41) is 9.52. The van der Waals surface area contributed by atoms with Gasteiger partial charge >= 0.3 is 0 Å². The molecule has 2 aliphatic carbocycles. The maximum atomic E-state index is 9.52. The van der Waals surface area contributed by atoms with Crippen molar-refractivity contribution in [1.82, 2.24) is 0 Å². The van der Waals surface area contributed by atoms with Gasteiger partial charge in [0.25, 0.3) is 0 Å². The highest BCUT2D eigenvalue weighted by Gasteiger charge is 2.54. The van der Waals surface area contributed by atoms with Gasteiger partial charge in [0.15, 0.2) is 0 Å². The second-order valence-corrected chi connectivity index (χ2v) is 6.66. The summed E-state index contributed by atoms with van der Waals surface area (Å²) in [6.07, 6.45) is 5.10. The Morgan fingerprint density at radius 1 is 1.29 bits per heavy atom. The van der Waals surface area contributed by atoms with Crippen LogP contribution in [0.15, 0.2) is 11.1 Å². The van der Waals surface area contributed by atoms with Gasteiger partial charge in [0.2, 0.25) is 0 Å². The molecule has 96 valence electrons. The Balaban J connectivity index is 2.03. The van der Waals surface area contributed by atoms with Gasteiger partial charge in [-0.3, -0.25) is 0 Å². The summed E-state index contributed by atoms with van der Waals surface area (Å²) in [4.78, 5) is 0. The van der Waals surface area contributed by atoms with Gasteiger partial charge in [-0.1, -0.05) is 12.5 Å². The summed E-state index contributed by atoms with van der Waals surface area (Å²) < 4.78 is 6.36. The van der Waals surface area contributed by atoms with E-state index in [1.54, 1.807) is 5.57 Å². The fraction of sp³-hybridized carbons (Fsp3) is 0.867. The quantitative estimate of drug-likeness (QED) is 0.709. The first-order chi connectivity index (χ1) is 8.04. The van der Waals surface area contributed by atoms with E-state index in [2.05, 4.69) is 20.8 Å². The molecule has 2 nitrogen and oxygen atoms in total. The van der Waals surface area contributed by atoms with E-state index >= 15 is 0 Å². The Bertz CT molecular complexity index is 356. The van der Waals surface area contributed by atoms with Crippen LogP contribution in [0.2, 0.25) is 0 Å². The first-order valence-corrected chi connectivity index (χ1v) is 7.04. The van der Waals surface area contributed by atoms with Gasteiger partial charge < -0.3 is 9.84 Å². The Labute approximate surface area is 104 Å². The molecule has 0 bridgehead atoms. The summed E-state index contributed by atoms with van der Waals surface area (Å²) in [7, 11) is 0. The standard InChI is InChI=1S/C15H24O2/c1-9-4-6-11-10(8-16)5-7-12-13(11)14(9)17-15(12,2)3/h9,12-14,16H,4-8H2,1-3H3/t9-,12-,13+,14-/m1/s1. The zero-order chi connectivity index (χ0) is 12.2. The fourth-order valence-electron chi connectivity index (χ4n) is 4.41. The van der Waals surface area contributed by atoms with E-state index in [-0.39, 0.29) is 12.2 Å². The molecule has 1 aliphatic heterocycles. The average molecular weight is 236 g/mol. The number of ether oxygens (including phenoxy) is 1. The van der Waals surface area contributed by atoms with Gasteiger partial charge in [-0.05, 0) is 56.9 Å². The van der Waals surface area contributed by atoms with E-state index in [0.717, 1.165) is 6.42 Å². The second-order valence-electron chi connectivity index (χ2n) is 6.66. The highest BCUT2D eigenvalue weighted by Crippen LogP contribution is 2.55. The van der Waals surface area contributed by atoms with Crippen LogP contribution in [0, 0.1) is 17.8 Å². The van der Waals surface area contributed by atoms with Crippen LogP contribution in [0.25, 0.3) is 0 Å². The minimum Gasteiger partial charge on any atom is -0.392 e. The molecule has 17 heavy (non-hydrogen) atoms. The molecule has 1 saturated carbocycles. The number of rotatable bonds is 1. The summed E-state index contributed by atoms with van der Waals surface area (Å²) in [6.45, 7) is 7.10. The smallest absolute Gasteiger partial charge is 0.0677 e. The van der Waals surface area contributed by atoms with E-state index in [4.69, 9.17) is 4.74 Å². The van der Waals surface area contributed by atoms with Crippen LogP contribution in [0.3, 0.4) is 0 Å². The molecule has 4 atom stereocenters. The Kier molecular flexibility index (Phi) is 2.64. The number of aliphatic hydroxyl groups excluding tert-OH is 1. The highest BCUT2D eigenvalue weighted by atomic mass is 16.5. The third kappa shape index (κ3) is 1.61. The molecule has 1 heterocycles. The summed E-state index contributed by atoms with van der Waals surface area (Å²) >= 11 is 0. The molecule has 0 spiro atoms. The molecule has 2 heteroatoms. The molecular weight excluding hydrogens is 212 g/mol. The lowest BCUT2D eigenvalue weighted by atomic mass is 9.63. The lowest BCUT2D eigenvalue weighted by Crippen LogP contribution is -2.37. The minimum absolute atomic E-state index is 0.0279. The van der Waals surface area contributed by atoms with Crippen molar-refractivity contribution in [2.75, 3.05) is 6.61 Å². The van der Waals surface area contributed by atoms with Crippen LogP contribution >= 0.6 is 0 Å². The zero-order valence-corrected chi connectivity index (χ0v) is 11.2. The first-order valence-electron chi connectivity index (χ1n) is 7.04. The summed E-state index contributed by atoms with van der Waals surface area (Å²) in [5.74, 6) is 1.94. The van der Waals surface area contributed by atoms with Gasteiger partial charge in [0.05, 0.1) is 18.3 Å². The van der Waals surface area contributed by atoms with Gasteiger partial charge in [0, 0.05) is 5.92 Å². The molecule has 0 unspecified atom stereocenters. The summed E-state index contributed by atoms with van der Waals surface area (Å²) in [6, 6.07) is 0. The van der Waals surface area contributed by atoms with Crippen LogP contribution in [0.5, 0.6) is 0 Å². The zero-order valence-electron chi connectivity index (χ0n) is 11.2. The van der Waals surface area contributed by atoms with Gasteiger partial charge in [-0.25, -0.2) is 0 Å². The topological polar surface area (TPSA) is 29.5 Å². The van der Waals surface area contributed by atoms with Crippen LogP contribution in [0.4, 0.5) is 0 Å². The van der Waals surface area contributed by atoms with Gasteiger partial charge in [-0.15, -0.1) is 0 Å². The average Bonchev–Trinajstić information content (AvgIpc) is 2.58. The van der Waals surface area contributed by atoms with Gasteiger partial charge in [-0.2, -0.15) is 0 Å². The minimum atomic E-state index is 0.0279. The van der Waals surface area contributed by atoms with E-state index in [1.807, 2.05) is 0 Å². The van der Waals surface area contributed by atoms with Crippen molar-refractivity contribution >= 4 is 0 Å². The van der Waals surface area contributed by atoms with E-state index in [0.29, 0.717) is 23.9 Å². The SMILES string of the molecule is C[C@@H]1CCC2=C(CO)CC[C@@H]3[C@H]2[C@@H]1OC3(C)C.